The lowest BCUT2D eigenvalue weighted by atomic mass is 10.1. The number of fused-ring (bicyclic) bond motifs is 3. The molecule has 1 saturated heterocycles. The van der Waals surface area contributed by atoms with Crippen molar-refractivity contribution in [2.75, 3.05) is 24.5 Å². The molecule has 0 radical (unpaired) electrons. The monoisotopic (exact) mass is 271 g/mol. The van der Waals surface area contributed by atoms with E-state index in [1.807, 2.05) is 6.07 Å². The molecule has 1 aromatic carbocycles. The minimum Gasteiger partial charge on any atom is -0.348 e. The van der Waals surface area contributed by atoms with Crippen LogP contribution in [0.25, 0.3) is 0 Å². The molecule has 17 heavy (non-hydrogen) atoms. The lowest BCUT2D eigenvalue weighted by molar-refractivity contribution is 0.0923. The number of amides is 1. The highest BCUT2D eigenvalue weighted by Crippen LogP contribution is 2.36. The van der Waals surface area contributed by atoms with E-state index in [9.17, 15) is 4.79 Å². The minimum atomic E-state index is -0.155. The standard InChI is InChI=1S/C11H11Cl2N3O/c12-6-1-2-7-9(10(6)13)11(17)15-8-5-14-3-4-16(7)8/h1-2,8,14H,3-5H2,(H,15,17)/t8-/m0/s1. The Morgan fingerprint density at radius 3 is 3.00 bits per heavy atom. The highest BCUT2D eigenvalue weighted by atomic mass is 35.5. The predicted octanol–water partition coefficient (Wildman–Crippen LogP) is 1.47. The van der Waals surface area contributed by atoms with Gasteiger partial charge in [0, 0.05) is 19.6 Å². The summed E-state index contributed by atoms with van der Waals surface area (Å²) in [6.45, 7) is 2.48. The molecule has 2 aliphatic heterocycles. The number of hydrogen-bond acceptors (Lipinski definition) is 3. The molecular weight excluding hydrogens is 261 g/mol. The highest BCUT2D eigenvalue weighted by molar-refractivity contribution is 6.44. The van der Waals surface area contributed by atoms with Gasteiger partial charge in [0.1, 0.15) is 6.17 Å². The molecule has 1 atom stereocenters. The summed E-state index contributed by atoms with van der Waals surface area (Å²) in [5, 5.41) is 6.91. The van der Waals surface area contributed by atoms with Crippen molar-refractivity contribution in [2.45, 2.75) is 6.17 Å². The van der Waals surface area contributed by atoms with Crippen LogP contribution in [0.4, 0.5) is 5.69 Å². The normalized spacial score (nSPS) is 22.8. The highest BCUT2D eigenvalue weighted by Gasteiger charge is 2.34. The smallest absolute Gasteiger partial charge is 0.256 e. The zero-order valence-electron chi connectivity index (χ0n) is 8.96. The van der Waals surface area contributed by atoms with Gasteiger partial charge in [0.2, 0.25) is 0 Å². The van der Waals surface area contributed by atoms with Gasteiger partial charge in [0.25, 0.3) is 5.91 Å². The van der Waals surface area contributed by atoms with Gasteiger partial charge in [-0.1, -0.05) is 23.2 Å². The first-order valence-electron chi connectivity index (χ1n) is 5.44. The van der Waals surface area contributed by atoms with Gasteiger partial charge in [-0.05, 0) is 12.1 Å². The topological polar surface area (TPSA) is 44.4 Å². The van der Waals surface area contributed by atoms with E-state index in [1.54, 1.807) is 6.07 Å². The van der Waals surface area contributed by atoms with Gasteiger partial charge in [0.15, 0.2) is 0 Å². The second kappa shape index (κ2) is 4.05. The van der Waals surface area contributed by atoms with Crippen LogP contribution in [0, 0.1) is 0 Å². The van der Waals surface area contributed by atoms with E-state index in [0.717, 1.165) is 25.3 Å². The van der Waals surface area contributed by atoms with Crippen LogP contribution in [0.3, 0.4) is 0 Å². The Hall–Kier alpha value is -0.970. The van der Waals surface area contributed by atoms with Crippen LogP contribution < -0.4 is 15.5 Å². The first-order valence-corrected chi connectivity index (χ1v) is 6.20. The van der Waals surface area contributed by atoms with Gasteiger partial charge in [-0.3, -0.25) is 4.79 Å². The van der Waals surface area contributed by atoms with E-state index in [4.69, 9.17) is 23.2 Å². The number of carbonyl (C=O) groups excluding carboxylic acids is 1. The molecule has 2 heterocycles. The third kappa shape index (κ3) is 1.68. The summed E-state index contributed by atoms with van der Waals surface area (Å²) in [5.74, 6) is -0.155. The number of anilines is 1. The maximum atomic E-state index is 12.0. The summed E-state index contributed by atoms with van der Waals surface area (Å²) in [5.41, 5.74) is 1.35. The van der Waals surface area contributed by atoms with Gasteiger partial charge < -0.3 is 15.5 Å². The van der Waals surface area contributed by atoms with E-state index in [0.29, 0.717) is 15.6 Å². The van der Waals surface area contributed by atoms with Crippen LogP contribution >= 0.6 is 23.2 Å². The summed E-state index contributed by atoms with van der Waals surface area (Å²) in [4.78, 5) is 14.2. The van der Waals surface area contributed by atoms with Crippen molar-refractivity contribution in [1.29, 1.82) is 0 Å². The Kier molecular flexibility index (Phi) is 2.65. The SMILES string of the molecule is O=C1N[C@@H]2CNCCN2c2ccc(Cl)c(Cl)c21. The van der Waals surface area contributed by atoms with E-state index in [-0.39, 0.29) is 12.1 Å². The molecule has 0 spiro atoms. The van der Waals surface area contributed by atoms with Crippen molar-refractivity contribution >= 4 is 34.8 Å². The van der Waals surface area contributed by atoms with Crippen LogP contribution in [0.15, 0.2) is 12.1 Å². The molecule has 1 aromatic rings. The third-order valence-corrected chi connectivity index (χ3v) is 3.95. The molecule has 0 bridgehead atoms. The molecule has 1 fully saturated rings. The average Bonchev–Trinajstić information content (AvgIpc) is 2.33. The molecule has 90 valence electrons. The van der Waals surface area contributed by atoms with Crippen molar-refractivity contribution in [2.24, 2.45) is 0 Å². The molecule has 0 aliphatic carbocycles. The molecule has 2 aliphatic rings. The fourth-order valence-electron chi connectivity index (χ4n) is 2.34. The van der Waals surface area contributed by atoms with E-state index < -0.39 is 0 Å². The van der Waals surface area contributed by atoms with Gasteiger partial charge >= 0.3 is 0 Å². The maximum Gasteiger partial charge on any atom is 0.256 e. The minimum absolute atomic E-state index is 0.000919. The van der Waals surface area contributed by atoms with Crippen molar-refractivity contribution in [3.63, 3.8) is 0 Å². The molecule has 3 rings (SSSR count). The third-order valence-electron chi connectivity index (χ3n) is 3.15. The number of hydrogen-bond donors (Lipinski definition) is 2. The van der Waals surface area contributed by atoms with Crippen LogP contribution in [0.2, 0.25) is 10.0 Å². The van der Waals surface area contributed by atoms with Gasteiger partial charge in [0.05, 0.1) is 21.3 Å². The molecule has 0 aromatic heterocycles. The number of carbonyl (C=O) groups is 1. The number of benzene rings is 1. The Labute approximate surface area is 109 Å². The summed E-state index contributed by atoms with van der Waals surface area (Å²) < 4.78 is 0. The van der Waals surface area contributed by atoms with Crippen LogP contribution in [-0.2, 0) is 0 Å². The Morgan fingerprint density at radius 2 is 2.18 bits per heavy atom. The molecule has 1 amide bonds. The second-order valence-corrected chi connectivity index (χ2v) is 4.93. The zero-order valence-corrected chi connectivity index (χ0v) is 10.5. The Bertz CT molecular complexity index is 492. The van der Waals surface area contributed by atoms with Crippen molar-refractivity contribution in [3.05, 3.63) is 27.7 Å². The lowest BCUT2D eigenvalue weighted by Gasteiger charge is -2.42. The summed E-state index contributed by atoms with van der Waals surface area (Å²) in [6, 6.07) is 3.60. The largest absolute Gasteiger partial charge is 0.348 e. The maximum absolute atomic E-state index is 12.0. The van der Waals surface area contributed by atoms with Crippen LogP contribution in [-0.4, -0.2) is 31.7 Å². The van der Waals surface area contributed by atoms with Crippen molar-refractivity contribution < 1.29 is 4.79 Å². The van der Waals surface area contributed by atoms with Gasteiger partial charge in [-0.25, -0.2) is 0 Å². The fourth-order valence-corrected chi connectivity index (χ4v) is 2.74. The van der Waals surface area contributed by atoms with E-state index >= 15 is 0 Å². The van der Waals surface area contributed by atoms with Crippen LogP contribution in [0.1, 0.15) is 10.4 Å². The summed E-state index contributed by atoms with van der Waals surface area (Å²) in [6.07, 6.45) is 0.000919. The average molecular weight is 272 g/mol. The number of halogens is 2. The van der Waals surface area contributed by atoms with E-state index in [2.05, 4.69) is 15.5 Å². The molecular formula is C11H11Cl2N3O. The molecule has 0 unspecified atom stereocenters. The molecule has 0 saturated carbocycles. The first kappa shape index (κ1) is 11.1. The fraction of sp³-hybridized carbons (Fsp3) is 0.364. The van der Waals surface area contributed by atoms with Crippen molar-refractivity contribution in [1.82, 2.24) is 10.6 Å². The quantitative estimate of drug-likeness (QED) is 0.751. The van der Waals surface area contributed by atoms with Crippen LogP contribution in [0.5, 0.6) is 0 Å². The second-order valence-electron chi connectivity index (χ2n) is 4.14. The van der Waals surface area contributed by atoms with E-state index in [1.165, 1.54) is 0 Å². The summed E-state index contributed by atoms with van der Waals surface area (Å²) in [7, 11) is 0. The summed E-state index contributed by atoms with van der Waals surface area (Å²) >= 11 is 12.0. The molecule has 6 heteroatoms. The predicted molar refractivity (Wildman–Crippen MR) is 67.9 cm³/mol. The number of piperazine rings is 1. The number of nitrogens with zero attached hydrogens (tertiary/aromatic N) is 1. The van der Waals surface area contributed by atoms with Gasteiger partial charge in [-0.2, -0.15) is 0 Å². The number of nitrogens with one attached hydrogen (secondary N) is 2. The first-order chi connectivity index (χ1) is 8.18. The zero-order chi connectivity index (χ0) is 12.0. The van der Waals surface area contributed by atoms with Crippen molar-refractivity contribution in [3.8, 4) is 0 Å². The number of rotatable bonds is 0. The molecule has 2 N–H and O–H groups in total. The molecule has 4 nitrogen and oxygen atoms in total. The lowest BCUT2D eigenvalue weighted by Crippen LogP contribution is -2.62. The Morgan fingerprint density at radius 1 is 1.35 bits per heavy atom. The Balaban J connectivity index is 2.14. The van der Waals surface area contributed by atoms with Gasteiger partial charge in [-0.15, -0.1) is 0 Å².